The minimum Gasteiger partial charge on any atom is -0.493 e. The molecule has 2 aromatic carbocycles. The second-order valence-electron chi connectivity index (χ2n) is 7.44. The van der Waals surface area contributed by atoms with E-state index in [1.54, 1.807) is 7.11 Å². The van der Waals surface area contributed by atoms with Crippen LogP contribution in [-0.4, -0.2) is 29.9 Å². The zero-order valence-electron chi connectivity index (χ0n) is 16.6. The number of imidazole rings is 1. The van der Waals surface area contributed by atoms with E-state index in [2.05, 4.69) is 39.1 Å². The van der Waals surface area contributed by atoms with Crippen LogP contribution in [0.25, 0.3) is 11.4 Å². The largest absolute Gasteiger partial charge is 0.493 e. The second kappa shape index (κ2) is 7.70. The smallest absolute Gasteiger partial charge is 0.203 e. The number of aromatic nitrogens is 2. The summed E-state index contributed by atoms with van der Waals surface area (Å²) in [6, 6.07) is 12.5. The van der Waals surface area contributed by atoms with E-state index in [-0.39, 0.29) is 0 Å². The standard InChI is InChI=1S/C23H25N3O3/c1-27-20-11-16(12-21-22(20)29-10-9-28-21)14-24-18-6-4-5-17(13-18)23-25-15-19-7-2-3-8-26(19)23/h4-6,11-13,15,24H,2-3,7-10,14H2,1H3. The summed E-state index contributed by atoms with van der Waals surface area (Å²) in [5.74, 6) is 3.19. The van der Waals surface area contributed by atoms with E-state index in [1.165, 1.54) is 18.5 Å². The minimum absolute atomic E-state index is 0.547. The summed E-state index contributed by atoms with van der Waals surface area (Å²) in [5.41, 5.74) is 4.62. The Morgan fingerprint density at radius 1 is 1.14 bits per heavy atom. The van der Waals surface area contributed by atoms with Gasteiger partial charge in [0.25, 0.3) is 0 Å². The molecule has 6 heteroatoms. The van der Waals surface area contributed by atoms with Crippen molar-refractivity contribution in [3.63, 3.8) is 0 Å². The van der Waals surface area contributed by atoms with Crippen LogP contribution in [0, 0.1) is 0 Å². The molecular formula is C23H25N3O3. The average Bonchev–Trinajstić information content (AvgIpc) is 3.21. The quantitative estimate of drug-likeness (QED) is 0.704. The maximum atomic E-state index is 5.74. The first-order valence-corrected chi connectivity index (χ1v) is 10.2. The van der Waals surface area contributed by atoms with E-state index in [9.17, 15) is 0 Å². The topological polar surface area (TPSA) is 57.5 Å². The van der Waals surface area contributed by atoms with Crippen LogP contribution in [0.15, 0.2) is 42.6 Å². The Labute approximate surface area is 170 Å². The molecule has 0 fully saturated rings. The highest BCUT2D eigenvalue weighted by atomic mass is 16.6. The average molecular weight is 391 g/mol. The van der Waals surface area contributed by atoms with Gasteiger partial charge in [0.2, 0.25) is 5.75 Å². The molecule has 0 bridgehead atoms. The molecule has 150 valence electrons. The van der Waals surface area contributed by atoms with Gasteiger partial charge < -0.3 is 24.1 Å². The molecule has 6 nitrogen and oxygen atoms in total. The monoisotopic (exact) mass is 391 g/mol. The Morgan fingerprint density at radius 3 is 3.00 bits per heavy atom. The van der Waals surface area contributed by atoms with Crippen LogP contribution in [0.3, 0.4) is 0 Å². The molecule has 1 N–H and O–H groups in total. The predicted molar refractivity (Wildman–Crippen MR) is 112 cm³/mol. The number of anilines is 1. The van der Waals surface area contributed by atoms with Crippen LogP contribution in [0.5, 0.6) is 17.2 Å². The molecule has 0 atom stereocenters. The van der Waals surface area contributed by atoms with Crippen LogP contribution >= 0.6 is 0 Å². The van der Waals surface area contributed by atoms with Gasteiger partial charge in [-0.2, -0.15) is 0 Å². The normalized spacial score (nSPS) is 14.9. The van der Waals surface area contributed by atoms with Crippen LogP contribution in [0.2, 0.25) is 0 Å². The summed E-state index contributed by atoms with van der Waals surface area (Å²) in [4.78, 5) is 4.69. The zero-order valence-corrected chi connectivity index (χ0v) is 16.6. The van der Waals surface area contributed by atoms with Crippen LogP contribution in [0.4, 0.5) is 5.69 Å². The third kappa shape index (κ3) is 3.50. The van der Waals surface area contributed by atoms with Crippen molar-refractivity contribution in [1.29, 1.82) is 0 Å². The number of nitrogens with one attached hydrogen (secondary N) is 1. The zero-order chi connectivity index (χ0) is 19.6. The molecule has 2 aliphatic rings. The van der Waals surface area contributed by atoms with Crippen LogP contribution < -0.4 is 19.5 Å². The number of hydrogen-bond donors (Lipinski definition) is 1. The third-order valence-corrected chi connectivity index (χ3v) is 5.51. The number of fused-ring (bicyclic) bond motifs is 2. The van der Waals surface area contributed by atoms with Gasteiger partial charge in [-0.25, -0.2) is 4.98 Å². The van der Waals surface area contributed by atoms with E-state index in [0.29, 0.717) is 31.3 Å². The molecular weight excluding hydrogens is 366 g/mol. The first kappa shape index (κ1) is 17.9. The molecule has 0 unspecified atom stereocenters. The van der Waals surface area contributed by atoms with Crippen molar-refractivity contribution in [1.82, 2.24) is 9.55 Å². The van der Waals surface area contributed by atoms with Gasteiger partial charge in [0.1, 0.15) is 19.0 Å². The van der Waals surface area contributed by atoms with Crippen LogP contribution in [-0.2, 0) is 19.5 Å². The second-order valence-corrected chi connectivity index (χ2v) is 7.44. The molecule has 29 heavy (non-hydrogen) atoms. The number of methoxy groups -OCH3 is 1. The first-order valence-electron chi connectivity index (χ1n) is 10.2. The Hall–Kier alpha value is -3.15. The molecule has 3 heterocycles. The highest BCUT2D eigenvalue weighted by molar-refractivity contribution is 5.63. The molecule has 2 aliphatic heterocycles. The molecule has 3 aromatic rings. The Balaban J connectivity index is 1.36. The van der Waals surface area contributed by atoms with E-state index in [1.807, 2.05) is 18.3 Å². The van der Waals surface area contributed by atoms with Crippen molar-refractivity contribution in [2.45, 2.75) is 32.4 Å². The molecule has 0 spiro atoms. The number of hydrogen-bond acceptors (Lipinski definition) is 5. The number of rotatable bonds is 5. The lowest BCUT2D eigenvalue weighted by atomic mass is 10.1. The van der Waals surface area contributed by atoms with Gasteiger partial charge in [-0.1, -0.05) is 12.1 Å². The van der Waals surface area contributed by atoms with E-state index < -0.39 is 0 Å². The number of aryl methyl sites for hydroxylation is 1. The summed E-state index contributed by atoms with van der Waals surface area (Å²) in [6.07, 6.45) is 5.62. The van der Waals surface area contributed by atoms with E-state index in [4.69, 9.17) is 14.2 Å². The number of ether oxygens (including phenoxy) is 3. The lowest BCUT2D eigenvalue weighted by Crippen LogP contribution is -2.16. The summed E-state index contributed by atoms with van der Waals surface area (Å²) in [7, 11) is 1.65. The molecule has 1 aromatic heterocycles. The predicted octanol–water partition coefficient (Wildman–Crippen LogP) is 4.28. The summed E-state index contributed by atoms with van der Waals surface area (Å²) in [6.45, 7) is 2.82. The van der Waals surface area contributed by atoms with Gasteiger partial charge in [-0.05, 0) is 49.1 Å². The maximum absolute atomic E-state index is 5.74. The molecule has 0 saturated carbocycles. The summed E-state index contributed by atoms with van der Waals surface area (Å²) < 4.78 is 19.3. The van der Waals surface area contributed by atoms with Crippen molar-refractivity contribution < 1.29 is 14.2 Å². The fraction of sp³-hybridized carbons (Fsp3) is 0.348. The van der Waals surface area contributed by atoms with Crippen molar-refractivity contribution in [2.75, 3.05) is 25.6 Å². The van der Waals surface area contributed by atoms with Crippen molar-refractivity contribution in [3.8, 4) is 28.6 Å². The summed E-state index contributed by atoms with van der Waals surface area (Å²) >= 11 is 0. The fourth-order valence-electron chi connectivity index (χ4n) is 4.07. The Bertz CT molecular complexity index is 1010. The van der Waals surface area contributed by atoms with Gasteiger partial charge in [0.05, 0.1) is 7.11 Å². The molecule has 0 saturated heterocycles. The first-order chi connectivity index (χ1) is 14.3. The highest BCUT2D eigenvalue weighted by Gasteiger charge is 2.19. The minimum atomic E-state index is 0.547. The fourth-order valence-corrected chi connectivity index (χ4v) is 4.07. The molecule has 0 amide bonds. The molecule has 0 radical (unpaired) electrons. The van der Waals surface area contributed by atoms with Gasteiger partial charge in [-0.3, -0.25) is 0 Å². The van der Waals surface area contributed by atoms with Crippen molar-refractivity contribution in [2.24, 2.45) is 0 Å². The van der Waals surface area contributed by atoms with Gasteiger partial charge in [0, 0.05) is 36.2 Å². The number of nitrogens with zero attached hydrogens (tertiary/aromatic N) is 2. The van der Waals surface area contributed by atoms with Crippen LogP contribution in [0.1, 0.15) is 24.1 Å². The Kier molecular flexibility index (Phi) is 4.76. The third-order valence-electron chi connectivity index (χ3n) is 5.51. The Morgan fingerprint density at radius 2 is 2.07 bits per heavy atom. The number of benzene rings is 2. The van der Waals surface area contributed by atoms with Gasteiger partial charge in [0.15, 0.2) is 11.5 Å². The SMILES string of the molecule is COc1cc(CNc2cccc(-c3ncc4n3CCCC4)c2)cc2c1OCCO2. The van der Waals surface area contributed by atoms with Gasteiger partial charge in [-0.15, -0.1) is 0 Å². The maximum Gasteiger partial charge on any atom is 0.203 e. The molecule has 0 aliphatic carbocycles. The van der Waals surface area contributed by atoms with E-state index in [0.717, 1.165) is 41.4 Å². The van der Waals surface area contributed by atoms with Crippen molar-refractivity contribution in [3.05, 3.63) is 53.9 Å². The highest BCUT2D eigenvalue weighted by Crippen LogP contribution is 2.40. The van der Waals surface area contributed by atoms with Gasteiger partial charge >= 0.3 is 0 Å². The lowest BCUT2D eigenvalue weighted by molar-refractivity contribution is 0.165. The molecule has 5 rings (SSSR count). The lowest BCUT2D eigenvalue weighted by Gasteiger charge is -2.21. The summed E-state index contributed by atoms with van der Waals surface area (Å²) in [5, 5.41) is 3.51. The van der Waals surface area contributed by atoms with E-state index >= 15 is 0 Å². The van der Waals surface area contributed by atoms with Crippen molar-refractivity contribution >= 4 is 5.69 Å².